The molecule has 5 heteroatoms. The fourth-order valence-corrected chi connectivity index (χ4v) is 3.39. The standard InChI is InChI=1S/C24H30FNO3/c1-24(2,3)19-8-12-21(13-9-19)29-17-23(27)26(16-22-5-4-14-28-22)15-18-6-10-20(25)11-7-18/h6-13,22H,4-5,14-17H2,1-3H3. The zero-order chi connectivity index (χ0) is 20.9. The average molecular weight is 400 g/mol. The smallest absolute Gasteiger partial charge is 0.260 e. The van der Waals surface area contributed by atoms with Crippen molar-refractivity contribution >= 4 is 5.91 Å². The van der Waals surface area contributed by atoms with E-state index < -0.39 is 0 Å². The third-order valence-corrected chi connectivity index (χ3v) is 5.17. The molecule has 0 bridgehead atoms. The van der Waals surface area contributed by atoms with Gasteiger partial charge in [-0.3, -0.25) is 4.79 Å². The first kappa shape index (κ1) is 21.3. The molecule has 156 valence electrons. The van der Waals surface area contributed by atoms with Crippen LogP contribution in [0.15, 0.2) is 48.5 Å². The third kappa shape index (κ3) is 6.29. The van der Waals surface area contributed by atoms with Gasteiger partial charge in [-0.05, 0) is 53.6 Å². The molecular weight excluding hydrogens is 369 g/mol. The summed E-state index contributed by atoms with van der Waals surface area (Å²) in [4.78, 5) is 14.6. The van der Waals surface area contributed by atoms with E-state index in [0.717, 1.165) is 25.0 Å². The molecule has 1 amide bonds. The van der Waals surface area contributed by atoms with Crippen LogP contribution in [0.25, 0.3) is 0 Å². The summed E-state index contributed by atoms with van der Waals surface area (Å²) in [5.41, 5.74) is 2.17. The zero-order valence-electron chi connectivity index (χ0n) is 17.5. The van der Waals surface area contributed by atoms with E-state index in [9.17, 15) is 9.18 Å². The van der Waals surface area contributed by atoms with E-state index in [0.29, 0.717) is 18.8 Å². The molecule has 0 N–H and O–H groups in total. The number of hydrogen-bond donors (Lipinski definition) is 0. The number of amides is 1. The van der Waals surface area contributed by atoms with Crippen molar-refractivity contribution in [3.63, 3.8) is 0 Å². The molecule has 1 heterocycles. The second kappa shape index (κ2) is 9.40. The van der Waals surface area contributed by atoms with Crippen LogP contribution < -0.4 is 4.74 Å². The van der Waals surface area contributed by atoms with E-state index >= 15 is 0 Å². The third-order valence-electron chi connectivity index (χ3n) is 5.17. The highest BCUT2D eigenvalue weighted by molar-refractivity contribution is 5.77. The van der Waals surface area contributed by atoms with Gasteiger partial charge in [0.1, 0.15) is 11.6 Å². The number of benzene rings is 2. The number of ether oxygens (including phenoxy) is 2. The highest BCUT2D eigenvalue weighted by atomic mass is 19.1. The minimum Gasteiger partial charge on any atom is -0.484 e. The topological polar surface area (TPSA) is 38.8 Å². The lowest BCUT2D eigenvalue weighted by Crippen LogP contribution is -2.39. The van der Waals surface area contributed by atoms with Crippen molar-refractivity contribution in [1.29, 1.82) is 0 Å². The number of carbonyl (C=O) groups is 1. The molecule has 1 aliphatic rings. The Morgan fingerprint density at radius 3 is 2.41 bits per heavy atom. The summed E-state index contributed by atoms with van der Waals surface area (Å²) < 4.78 is 24.6. The zero-order valence-corrected chi connectivity index (χ0v) is 17.5. The summed E-state index contributed by atoms with van der Waals surface area (Å²) in [6, 6.07) is 14.1. The van der Waals surface area contributed by atoms with Crippen LogP contribution in [0, 0.1) is 5.82 Å². The summed E-state index contributed by atoms with van der Waals surface area (Å²) in [7, 11) is 0. The minimum absolute atomic E-state index is 0.0389. The lowest BCUT2D eigenvalue weighted by Gasteiger charge is -2.26. The molecule has 0 radical (unpaired) electrons. The van der Waals surface area contributed by atoms with Crippen LogP contribution in [0.3, 0.4) is 0 Å². The molecule has 0 spiro atoms. The Morgan fingerprint density at radius 2 is 1.83 bits per heavy atom. The van der Waals surface area contributed by atoms with Crippen molar-refractivity contribution < 1.29 is 18.7 Å². The van der Waals surface area contributed by atoms with Gasteiger partial charge in [0, 0.05) is 19.7 Å². The quantitative estimate of drug-likeness (QED) is 0.677. The molecule has 1 aliphatic heterocycles. The Balaban J connectivity index is 1.62. The highest BCUT2D eigenvalue weighted by Crippen LogP contribution is 2.24. The predicted molar refractivity (Wildman–Crippen MR) is 111 cm³/mol. The second-order valence-corrected chi connectivity index (χ2v) is 8.60. The maximum Gasteiger partial charge on any atom is 0.260 e. The minimum atomic E-state index is -0.284. The number of rotatable bonds is 7. The Hall–Kier alpha value is -2.40. The highest BCUT2D eigenvalue weighted by Gasteiger charge is 2.23. The molecule has 1 fully saturated rings. The molecule has 1 saturated heterocycles. The fourth-order valence-electron chi connectivity index (χ4n) is 3.39. The van der Waals surface area contributed by atoms with E-state index in [1.807, 2.05) is 24.3 Å². The molecule has 0 aromatic heterocycles. The van der Waals surface area contributed by atoms with Gasteiger partial charge in [0.15, 0.2) is 6.61 Å². The van der Waals surface area contributed by atoms with Crippen molar-refractivity contribution in [3.8, 4) is 5.75 Å². The van der Waals surface area contributed by atoms with Crippen LogP contribution in [0.4, 0.5) is 4.39 Å². The number of nitrogens with zero attached hydrogens (tertiary/aromatic N) is 1. The molecular formula is C24H30FNO3. The largest absolute Gasteiger partial charge is 0.484 e. The Labute approximate surface area is 172 Å². The Bertz CT molecular complexity index is 790. The van der Waals surface area contributed by atoms with Gasteiger partial charge >= 0.3 is 0 Å². The maximum atomic E-state index is 13.2. The molecule has 2 aromatic rings. The van der Waals surface area contributed by atoms with Crippen molar-refractivity contribution in [3.05, 3.63) is 65.5 Å². The van der Waals surface area contributed by atoms with Crippen LogP contribution in [-0.4, -0.2) is 36.7 Å². The van der Waals surface area contributed by atoms with Gasteiger partial charge in [0.05, 0.1) is 6.10 Å². The average Bonchev–Trinajstić information content (AvgIpc) is 3.20. The van der Waals surface area contributed by atoms with Crippen molar-refractivity contribution in [2.45, 2.75) is 51.7 Å². The monoisotopic (exact) mass is 399 g/mol. The first-order valence-electron chi connectivity index (χ1n) is 10.2. The van der Waals surface area contributed by atoms with Crippen LogP contribution >= 0.6 is 0 Å². The maximum absolute atomic E-state index is 13.2. The van der Waals surface area contributed by atoms with E-state index in [2.05, 4.69) is 20.8 Å². The first-order chi connectivity index (χ1) is 13.8. The van der Waals surface area contributed by atoms with Gasteiger partial charge in [0.2, 0.25) is 0 Å². The summed E-state index contributed by atoms with van der Waals surface area (Å²) in [6.07, 6.45) is 2.01. The van der Waals surface area contributed by atoms with Gasteiger partial charge in [-0.15, -0.1) is 0 Å². The van der Waals surface area contributed by atoms with E-state index in [1.54, 1.807) is 17.0 Å². The van der Waals surface area contributed by atoms with Crippen LogP contribution in [0.5, 0.6) is 5.75 Å². The molecule has 0 saturated carbocycles. The SMILES string of the molecule is CC(C)(C)c1ccc(OCC(=O)N(Cc2ccc(F)cc2)CC2CCCO2)cc1. The first-order valence-corrected chi connectivity index (χ1v) is 10.2. The summed E-state index contributed by atoms with van der Waals surface area (Å²) in [5.74, 6) is 0.280. The summed E-state index contributed by atoms with van der Waals surface area (Å²) in [6.45, 7) is 8.09. The lowest BCUT2D eigenvalue weighted by atomic mass is 9.87. The van der Waals surface area contributed by atoms with E-state index in [1.165, 1.54) is 17.7 Å². The molecule has 29 heavy (non-hydrogen) atoms. The predicted octanol–water partition coefficient (Wildman–Crippen LogP) is 4.71. The normalized spacial score (nSPS) is 16.6. The number of hydrogen-bond acceptors (Lipinski definition) is 3. The molecule has 4 nitrogen and oxygen atoms in total. The van der Waals surface area contributed by atoms with Gasteiger partial charge in [-0.25, -0.2) is 4.39 Å². The van der Waals surface area contributed by atoms with Crippen LogP contribution in [0.2, 0.25) is 0 Å². The van der Waals surface area contributed by atoms with Crippen molar-refractivity contribution in [1.82, 2.24) is 4.90 Å². The molecule has 3 rings (SSSR count). The lowest BCUT2D eigenvalue weighted by molar-refractivity contribution is -0.135. The molecule has 0 aliphatic carbocycles. The van der Waals surface area contributed by atoms with E-state index in [-0.39, 0.29) is 29.9 Å². The molecule has 1 atom stereocenters. The van der Waals surface area contributed by atoms with Crippen molar-refractivity contribution in [2.75, 3.05) is 19.8 Å². The Morgan fingerprint density at radius 1 is 1.14 bits per heavy atom. The summed E-state index contributed by atoms with van der Waals surface area (Å²) in [5, 5.41) is 0. The van der Waals surface area contributed by atoms with Crippen molar-refractivity contribution in [2.24, 2.45) is 0 Å². The summed E-state index contributed by atoms with van der Waals surface area (Å²) >= 11 is 0. The van der Waals surface area contributed by atoms with Crippen LogP contribution in [0.1, 0.15) is 44.7 Å². The Kier molecular flexibility index (Phi) is 6.91. The van der Waals surface area contributed by atoms with E-state index in [4.69, 9.17) is 9.47 Å². The van der Waals surface area contributed by atoms with Gasteiger partial charge in [-0.1, -0.05) is 45.0 Å². The van der Waals surface area contributed by atoms with Gasteiger partial charge in [-0.2, -0.15) is 0 Å². The number of carbonyl (C=O) groups excluding carboxylic acids is 1. The fraction of sp³-hybridized carbons (Fsp3) is 0.458. The molecule has 1 unspecified atom stereocenters. The van der Waals surface area contributed by atoms with Gasteiger partial charge < -0.3 is 14.4 Å². The van der Waals surface area contributed by atoms with Crippen LogP contribution in [-0.2, 0) is 21.5 Å². The molecule has 2 aromatic carbocycles. The van der Waals surface area contributed by atoms with Gasteiger partial charge in [0.25, 0.3) is 5.91 Å². The number of halogens is 1. The second-order valence-electron chi connectivity index (χ2n) is 8.60.